The molecule has 0 N–H and O–H groups in total. The van der Waals surface area contributed by atoms with Gasteiger partial charge >= 0.3 is 0 Å². The van der Waals surface area contributed by atoms with Gasteiger partial charge in [0.05, 0.1) is 17.1 Å². The summed E-state index contributed by atoms with van der Waals surface area (Å²) in [6.45, 7) is 2.12. The summed E-state index contributed by atoms with van der Waals surface area (Å²) in [5.41, 5.74) is 0.585. The number of rotatable bonds is 5. The van der Waals surface area contributed by atoms with E-state index in [0.29, 0.717) is 16.7 Å². The van der Waals surface area contributed by atoms with Crippen molar-refractivity contribution in [2.45, 2.75) is 26.2 Å². The maximum absolute atomic E-state index is 12.8. The Balaban J connectivity index is 2.15. The zero-order chi connectivity index (χ0) is 16.2. The molecule has 6 heteroatoms. The number of hydrogen-bond acceptors (Lipinski definition) is 4. The van der Waals surface area contributed by atoms with Crippen LogP contribution in [0.15, 0.2) is 50.1 Å². The monoisotopic (exact) mass is 389 g/mol. The van der Waals surface area contributed by atoms with E-state index in [9.17, 15) is 4.79 Å². The van der Waals surface area contributed by atoms with Gasteiger partial charge in [-0.25, -0.2) is 4.98 Å². The van der Waals surface area contributed by atoms with Crippen LogP contribution in [0.4, 0.5) is 0 Å². The van der Waals surface area contributed by atoms with Crippen LogP contribution in [0.1, 0.15) is 30.5 Å². The molecule has 118 valence electrons. The SMILES string of the molecule is CCCCc1nc2ccc(Br)cc2c(=O)n1N=Cc1cccs1. The first-order valence-electron chi connectivity index (χ1n) is 7.48. The number of aromatic nitrogens is 2. The molecule has 0 saturated carbocycles. The molecule has 3 rings (SSSR count). The summed E-state index contributed by atoms with van der Waals surface area (Å²) in [5, 5.41) is 6.95. The van der Waals surface area contributed by atoms with Crippen molar-refractivity contribution in [2.24, 2.45) is 5.10 Å². The van der Waals surface area contributed by atoms with Gasteiger partial charge in [-0.3, -0.25) is 4.79 Å². The van der Waals surface area contributed by atoms with Gasteiger partial charge in [0.1, 0.15) is 5.82 Å². The van der Waals surface area contributed by atoms with E-state index < -0.39 is 0 Å². The third-order valence-corrected chi connectivity index (χ3v) is 4.77. The molecule has 0 unspecified atom stereocenters. The zero-order valence-electron chi connectivity index (χ0n) is 12.7. The Morgan fingerprint density at radius 3 is 3.00 bits per heavy atom. The van der Waals surface area contributed by atoms with Gasteiger partial charge in [0, 0.05) is 15.8 Å². The minimum atomic E-state index is -0.129. The van der Waals surface area contributed by atoms with E-state index in [1.165, 1.54) is 4.68 Å². The highest BCUT2D eigenvalue weighted by molar-refractivity contribution is 9.10. The van der Waals surface area contributed by atoms with E-state index in [0.717, 1.165) is 28.6 Å². The van der Waals surface area contributed by atoms with Gasteiger partial charge in [-0.2, -0.15) is 9.78 Å². The highest BCUT2D eigenvalue weighted by atomic mass is 79.9. The molecule has 3 aromatic rings. The number of thiophene rings is 1. The van der Waals surface area contributed by atoms with Crippen LogP contribution in [0.25, 0.3) is 10.9 Å². The summed E-state index contributed by atoms with van der Waals surface area (Å²) in [6.07, 6.45) is 4.47. The lowest BCUT2D eigenvalue weighted by Gasteiger charge is -2.09. The average Bonchev–Trinajstić information content (AvgIpc) is 3.06. The summed E-state index contributed by atoms with van der Waals surface area (Å²) in [5.74, 6) is 0.708. The first-order chi connectivity index (χ1) is 11.2. The Morgan fingerprint density at radius 1 is 1.39 bits per heavy atom. The maximum atomic E-state index is 12.8. The highest BCUT2D eigenvalue weighted by Gasteiger charge is 2.10. The van der Waals surface area contributed by atoms with Crippen molar-refractivity contribution in [3.63, 3.8) is 0 Å². The summed E-state index contributed by atoms with van der Waals surface area (Å²) in [6, 6.07) is 9.49. The largest absolute Gasteiger partial charge is 0.282 e. The molecule has 23 heavy (non-hydrogen) atoms. The van der Waals surface area contributed by atoms with Crippen molar-refractivity contribution < 1.29 is 0 Å². The predicted molar refractivity (Wildman–Crippen MR) is 99.6 cm³/mol. The van der Waals surface area contributed by atoms with Gasteiger partial charge in [0.25, 0.3) is 5.56 Å². The lowest BCUT2D eigenvalue weighted by atomic mass is 10.2. The Kier molecular flexibility index (Phi) is 5.03. The van der Waals surface area contributed by atoms with Crippen molar-refractivity contribution in [3.8, 4) is 0 Å². The summed E-state index contributed by atoms with van der Waals surface area (Å²) >= 11 is 4.99. The van der Waals surface area contributed by atoms with Crippen molar-refractivity contribution >= 4 is 44.4 Å². The third-order valence-electron chi connectivity index (χ3n) is 3.47. The normalized spacial score (nSPS) is 11.6. The molecule has 0 fully saturated rings. The van der Waals surface area contributed by atoms with Crippen LogP contribution in [0, 0.1) is 0 Å². The van der Waals surface area contributed by atoms with Crippen LogP contribution in [-0.2, 0) is 6.42 Å². The van der Waals surface area contributed by atoms with Gasteiger partial charge in [0.15, 0.2) is 0 Å². The van der Waals surface area contributed by atoms with Crippen LogP contribution in [0.3, 0.4) is 0 Å². The molecule has 1 aromatic carbocycles. The number of hydrogen-bond donors (Lipinski definition) is 0. The molecule has 0 saturated heterocycles. The van der Waals surface area contributed by atoms with Gasteiger partial charge in [-0.1, -0.05) is 35.3 Å². The smallest absolute Gasteiger partial charge is 0.267 e. The Morgan fingerprint density at radius 2 is 2.26 bits per heavy atom. The van der Waals surface area contributed by atoms with E-state index in [4.69, 9.17) is 0 Å². The Hall–Kier alpha value is -1.79. The molecule has 0 atom stereocenters. The molecule has 0 amide bonds. The second kappa shape index (κ2) is 7.19. The molecule has 0 bridgehead atoms. The standard InChI is InChI=1S/C17H16BrN3OS/c1-2-3-6-16-20-15-8-7-12(18)10-14(15)17(22)21(16)19-11-13-5-4-9-23-13/h4-5,7-11H,2-3,6H2,1H3. The number of unbranched alkanes of at least 4 members (excludes halogenated alkanes) is 1. The summed E-state index contributed by atoms with van der Waals surface area (Å²) in [7, 11) is 0. The molecule has 0 aliphatic rings. The van der Waals surface area contributed by atoms with Crippen LogP contribution < -0.4 is 5.56 Å². The molecule has 0 aliphatic heterocycles. The lowest BCUT2D eigenvalue weighted by molar-refractivity contribution is 0.675. The predicted octanol–water partition coefficient (Wildman–Crippen LogP) is 4.45. The number of halogens is 1. The molecular weight excluding hydrogens is 374 g/mol. The second-order valence-corrected chi connectivity index (χ2v) is 7.06. The van der Waals surface area contributed by atoms with Crippen LogP contribution >= 0.6 is 27.3 Å². The molecule has 4 nitrogen and oxygen atoms in total. The fraction of sp³-hybridized carbons (Fsp3) is 0.235. The first kappa shape index (κ1) is 16.1. The second-order valence-electron chi connectivity index (χ2n) is 5.17. The van der Waals surface area contributed by atoms with Gasteiger partial charge in [0.2, 0.25) is 0 Å². The fourth-order valence-electron chi connectivity index (χ4n) is 2.29. The zero-order valence-corrected chi connectivity index (χ0v) is 15.1. The number of aryl methyl sites for hydroxylation is 1. The van der Waals surface area contributed by atoms with Gasteiger partial charge < -0.3 is 0 Å². The van der Waals surface area contributed by atoms with Gasteiger partial charge in [-0.15, -0.1) is 11.3 Å². The fourth-order valence-corrected chi connectivity index (χ4v) is 3.23. The molecule has 0 aliphatic carbocycles. The Labute approximate surface area is 146 Å². The minimum Gasteiger partial charge on any atom is -0.267 e. The number of benzene rings is 1. The molecular formula is C17H16BrN3OS. The van der Waals surface area contributed by atoms with Crippen molar-refractivity contribution in [3.05, 3.63) is 61.2 Å². The third kappa shape index (κ3) is 3.59. The van der Waals surface area contributed by atoms with Crippen molar-refractivity contribution in [1.82, 2.24) is 9.66 Å². The minimum absolute atomic E-state index is 0.129. The van der Waals surface area contributed by atoms with E-state index >= 15 is 0 Å². The van der Waals surface area contributed by atoms with E-state index in [1.807, 2.05) is 29.6 Å². The Bertz CT molecular complexity index is 900. The lowest BCUT2D eigenvalue weighted by Crippen LogP contribution is -2.22. The van der Waals surface area contributed by atoms with Crippen LogP contribution in [-0.4, -0.2) is 15.9 Å². The van der Waals surface area contributed by atoms with E-state index in [2.05, 4.69) is 32.9 Å². The molecule has 0 radical (unpaired) electrons. The number of fused-ring (bicyclic) bond motifs is 1. The summed E-state index contributed by atoms with van der Waals surface area (Å²) < 4.78 is 2.29. The first-order valence-corrected chi connectivity index (χ1v) is 9.15. The molecule has 2 heterocycles. The molecule has 0 spiro atoms. The molecule has 2 aromatic heterocycles. The highest BCUT2D eigenvalue weighted by Crippen LogP contribution is 2.16. The van der Waals surface area contributed by atoms with E-state index in [-0.39, 0.29) is 5.56 Å². The van der Waals surface area contributed by atoms with Gasteiger partial charge in [-0.05, 0) is 36.1 Å². The quantitative estimate of drug-likeness (QED) is 0.605. The van der Waals surface area contributed by atoms with Crippen LogP contribution in [0.5, 0.6) is 0 Å². The van der Waals surface area contributed by atoms with Crippen molar-refractivity contribution in [1.29, 1.82) is 0 Å². The topological polar surface area (TPSA) is 47.2 Å². The summed E-state index contributed by atoms with van der Waals surface area (Å²) in [4.78, 5) is 18.5. The van der Waals surface area contributed by atoms with Crippen molar-refractivity contribution in [2.75, 3.05) is 0 Å². The van der Waals surface area contributed by atoms with Crippen LogP contribution in [0.2, 0.25) is 0 Å². The number of nitrogens with zero attached hydrogens (tertiary/aromatic N) is 3. The average molecular weight is 390 g/mol. The van der Waals surface area contributed by atoms with E-state index in [1.54, 1.807) is 23.6 Å². The maximum Gasteiger partial charge on any atom is 0.282 e.